The number of carboxylic acids is 1. The van der Waals surface area contributed by atoms with Gasteiger partial charge in [0.05, 0.1) is 10.4 Å². The molecule has 5 heteroatoms. The van der Waals surface area contributed by atoms with Gasteiger partial charge in [-0.25, -0.2) is 0 Å². The van der Waals surface area contributed by atoms with Crippen LogP contribution in [0.25, 0.3) is 10.9 Å². The quantitative estimate of drug-likeness (QED) is 0.339. The molecule has 1 aromatic carbocycles. The fourth-order valence-corrected chi connectivity index (χ4v) is 13.5. The van der Waals surface area contributed by atoms with Gasteiger partial charge in [-0.2, -0.15) is 0 Å². The van der Waals surface area contributed by atoms with Crippen LogP contribution >= 0.6 is 23.2 Å². The average Bonchev–Trinajstić information content (AvgIpc) is 3.44. The van der Waals surface area contributed by atoms with Crippen LogP contribution in [0.4, 0.5) is 0 Å². The van der Waals surface area contributed by atoms with Crippen molar-refractivity contribution < 1.29 is 9.90 Å². The molecule has 0 unspecified atom stereocenters. The number of hydrogen-bond acceptors (Lipinski definition) is 1. The molecule has 9 atom stereocenters. The molecule has 5 aliphatic rings. The minimum atomic E-state index is -0.568. The maximum absolute atomic E-state index is 13.0. The van der Waals surface area contributed by atoms with Gasteiger partial charge in [0, 0.05) is 27.0 Å². The third-order valence-corrected chi connectivity index (χ3v) is 15.3. The first-order valence-corrected chi connectivity index (χ1v) is 16.8. The summed E-state index contributed by atoms with van der Waals surface area (Å²) in [5.74, 6) is 1.59. The van der Waals surface area contributed by atoms with Crippen LogP contribution in [-0.4, -0.2) is 16.1 Å². The summed E-state index contributed by atoms with van der Waals surface area (Å²) in [5.41, 5.74) is 4.87. The van der Waals surface area contributed by atoms with Gasteiger partial charge in [0.25, 0.3) is 0 Å². The van der Waals surface area contributed by atoms with Crippen molar-refractivity contribution in [3.8, 4) is 0 Å². The first-order valence-electron chi connectivity index (χ1n) is 16.0. The van der Waals surface area contributed by atoms with Crippen molar-refractivity contribution in [1.82, 2.24) is 4.98 Å². The smallest absolute Gasteiger partial charge is 0.309 e. The molecule has 222 valence electrons. The number of carboxylic acid groups (broad SMARTS) is 1. The van der Waals surface area contributed by atoms with E-state index in [4.69, 9.17) is 23.2 Å². The molecule has 1 heterocycles. The van der Waals surface area contributed by atoms with Gasteiger partial charge in [0.1, 0.15) is 0 Å². The molecule has 5 aliphatic carbocycles. The highest BCUT2D eigenvalue weighted by molar-refractivity contribution is 6.38. The number of benzene rings is 1. The molecule has 2 aromatic rings. The van der Waals surface area contributed by atoms with Gasteiger partial charge in [0.2, 0.25) is 0 Å². The van der Waals surface area contributed by atoms with E-state index in [-0.39, 0.29) is 27.6 Å². The second-order valence-electron chi connectivity index (χ2n) is 16.3. The average molecular weight is 597 g/mol. The Labute approximate surface area is 255 Å². The summed E-state index contributed by atoms with van der Waals surface area (Å²) in [6.45, 7) is 19.3. The Kier molecular flexibility index (Phi) is 5.93. The summed E-state index contributed by atoms with van der Waals surface area (Å²) in [5, 5.41) is 13.3. The zero-order chi connectivity index (χ0) is 29.5. The third kappa shape index (κ3) is 3.32. The van der Waals surface area contributed by atoms with Gasteiger partial charge in [-0.15, -0.1) is 0 Å². The van der Waals surface area contributed by atoms with Crippen molar-refractivity contribution in [2.45, 2.75) is 105 Å². The Balaban J connectivity index is 1.34. The lowest BCUT2D eigenvalue weighted by molar-refractivity contribution is -0.227. The molecule has 4 fully saturated rings. The van der Waals surface area contributed by atoms with Crippen LogP contribution in [0.5, 0.6) is 0 Å². The Morgan fingerprint density at radius 3 is 2.37 bits per heavy atom. The molecule has 0 aliphatic heterocycles. The van der Waals surface area contributed by atoms with Crippen LogP contribution in [0.1, 0.15) is 104 Å². The number of aromatic amines is 1. The van der Waals surface area contributed by atoms with Crippen molar-refractivity contribution in [3.63, 3.8) is 0 Å². The molecule has 3 nitrogen and oxygen atoms in total. The summed E-state index contributed by atoms with van der Waals surface area (Å²) in [7, 11) is 0. The second kappa shape index (κ2) is 8.59. The SMILES string of the molecule is C=C(C)[C@@H]1CC[C@]2(C(=O)O)CC[C@]3(C)[C@H](CC[C@@H]4[C@@]5(C)Cc6c([nH]c7cc(Cl)cc(Cl)c67)C(C)(C)[C@@H]5CC[C@]43C)[C@@H]12. The number of aliphatic carboxylic acids is 1. The summed E-state index contributed by atoms with van der Waals surface area (Å²) in [6.07, 6.45) is 9.45. The molecule has 41 heavy (non-hydrogen) atoms. The van der Waals surface area contributed by atoms with E-state index in [0.29, 0.717) is 28.7 Å². The van der Waals surface area contributed by atoms with Gasteiger partial charge >= 0.3 is 5.97 Å². The molecule has 0 bridgehead atoms. The first-order chi connectivity index (χ1) is 19.1. The molecule has 0 spiro atoms. The number of hydrogen-bond donors (Lipinski definition) is 2. The Bertz CT molecular complexity index is 1490. The molecule has 0 amide bonds. The van der Waals surface area contributed by atoms with Gasteiger partial charge in [0.15, 0.2) is 0 Å². The standard InChI is InChI=1S/C36H47Cl2NO2/c1-19(2)21-10-13-36(31(40)41)15-14-34(6)23(29(21)36)8-9-27-33(5)18-22-28-24(38)16-20(37)17-25(28)39-30(22)32(3,4)26(33)11-12-35(27,34)7/h16-17,21,23,26-27,29,39H,1,8-15,18H2,2-7H3,(H,40,41)/t21-,23+,26-,27+,29+,33-,34+,35+,36-/m0/s1. The summed E-state index contributed by atoms with van der Waals surface area (Å²) in [6, 6.07) is 3.93. The normalized spacial score (nSPS) is 44.3. The molecule has 0 radical (unpaired) electrons. The molecule has 2 N–H and O–H groups in total. The number of allylic oxidation sites excluding steroid dienone is 1. The lowest BCUT2D eigenvalue weighted by Crippen LogP contribution is -2.66. The highest BCUT2D eigenvalue weighted by atomic mass is 35.5. The fraction of sp³-hybridized carbons (Fsp3) is 0.694. The van der Waals surface area contributed by atoms with Crippen LogP contribution < -0.4 is 0 Å². The number of H-pyrrole nitrogens is 1. The van der Waals surface area contributed by atoms with Crippen molar-refractivity contribution >= 4 is 40.1 Å². The van der Waals surface area contributed by atoms with Crippen molar-refractivity contribution in [3.05, 3.63) is 45.6 Å². The molecular weight excluding hydrogens is 549 g/mol. The van der Waals surface area contributed by atoms with E-state index in [1.54, 1.807) is 0 Å². The van der Waals surface area contributed by atoms with Crippen molar-refractivity contribution in [2.24, 2.45) is 51.2 Å². The van der Waals surface area contributed by atoms with E-state index in [2.05, 4.69) is 53.1 Å². The molecule has 1 aromatic heterocycles. The first kappa shape index (κ1) is 28.3. The number of halogens is 2. The lowest BCUT2D eigenvalue weighted by atomic mass is 9.32. The second-order valence-corrected chi connectivity index (χ2v) is 17.2. The number of fused-ring (bicyclic) bond motifs is 10. The van der Waals surface area contributed by atoms with Crippen LogP contribution in [0, 0.1) is 51.2 Å². The molecule has 0 saturated heterocycles. The lowest BCUT2D eigenvalue weighted by Gasteiger charge is -2.72. The van der Waals surface area contributed by atoms with Crippen LogP contribution in [-0.2, 0) is 16.6 Å². The zero-order valence-corrected chi connectivity index (χ0v) is 27.2. The predicted octanol–water partition coefficient (Wildman–Crippen LogP) is 10.2. The minimum absolute atomic E-state index is 0.00221. The maximum Gasteiger partial charge on any atom is 0.309 e. The predicted molar refractivity (Wildman–Crippen MR) is 169 cm³/mol. The van der Waals surface area contributed by atoms with E-state index >= 15 is 0 Å². The highest BCUT2D eigenvalue weighted by Gasteiger charge is 2.72. The van der Waals surface area contributed by atoms with Crippen LogP contribution in [0.15, 0.2) is 24.3 Å². The Hall–Kier alpha value is -1.45. The number of carbonyl (C=O) groups is 1. The van der Waals surface area contributed by atoms with Crippen LogP contribution in [0.2, 0.25) is 10.0 Å². The number of rotatable bonds is 2. The Morgan fingerprint density at radius 1 is 0.951 bits per heavy atom. The maximum atomic E-state index is 13.0. The number of nitrogens with one attached hydrogen (secondary N) is 1. The largest absolute Gasteiger partial charge is 0.481 e. The Morgan fingerprint density at radius 2 is 1.68 bits per heavy atom. The van der Waals surface area contributed by atoms with Gasteiger partial charge < -0.3 is 10.1 Å². The third-order valence-electron chi connectivity index (χ3n) is 14.8. The van der Waals surface area contributed by atoms with E-state index in [1.807, 2.05) is 12.1 Å². The summed E-state index contributed by atoms with van der Waals surface area (Å²) in [4.78, 5) is 16.8. The van der Waals surface area contributed by atoms with E-state index in [9.17, 15) is 9.90 Å². The van der Waals surface area contributed by atoms with Crippen molar-refractivity contribution in [1.29, 1.82) is 0 Å². The zero-order valence-electron chi connectivity index (χ0n) is 25.7. The van der Waals surface area contributed by atoms with Gasteiger partial charge in [-0.1, -0.05) is 70.0 Å². The summed E-state index contributed by atoms with van der Waals surface area (Å²) < 4.78 is 0. The fourth-order valence-electron chi connectivity index (χ4n) is 12.9. The highest BCUT2D eigenvalue weighted by Crippen LogP contribution is 2.77. The monoisotopic (exact) mass is 595 g/mol. The minimum Gasteiger partial charge on any atom is -0.481 e. The molecular formula is C36H47Cl2NO2. The van der Waals surface area contributed by atoms with E-state index in [0.717, 1.165) is 54.5 Å². The van der Waals surface area contributed by atoms with Gasteiger partial charge in [-0.3, -0.25) is 4.79 Å². The van der Waals surface area contributed by atoms with Crippen molar-refractivity contribution in [2.75, 3.05) is 0 Å². The summed E-state index contributed by atoms with van der Waals surface area (Å²) >= 11 is 13.4. The molecule has 7 rings (SSSR count). The van der Waals surface area contributed by atoms with Crippen LogP contribution in [0.3, 0.4) is 0 Å². The van der Waals surface area contributed by atoms with E-state index < -0.39 is 11.4 Å². The topological polar surface area (TPSA) is 53.1 Å². The number of aromatic nitrogens is 1. The molecule has 4 saturated carbocycles. The van der Waals surface area contributed by atoms with Gasteiger partial charge in [-0.05, 0) is 128 Å². The van der Waals surface area contributed by atoms with E-state index in [1.165, 1.54) is 36.1 Å².